The molecule has 6 heteroatoms. The Morgan fingerprint density at radius 3 is 2.74 bits per heavy atom. The number of piperidine rings is 1. The summed E-state index contributed by atoms with van der Waals surface area (Å²) < 4.78 is 19.2. The van der Waals surface area contributed by atoms with E-state index in [0.29, 0.717) is 11.4 Å². The summed E-state index contributed by atoms with van der Waals surface area (Å²) in [6.45, 7) is 1.47. The monoisotopic (exact) mass is 315 g/mol. The Bertz CT molecular complexity index is 715. The second-order valence-corrected chi connectivity index (χ2v) is 5.49. The van der Waals surface area contributed by atoms with Crippen LogP contribution in [0.25, 0.3) is 11.3 Å². The molecule has 1 aliphatic rings. The van der Waals surface area contributed by atoms with Crippen molar-refractivity contribution < 1.29 is 13.9 Å². The molecule has 1 saturated heterocycles. The molecule has 1 aliphatic heterocycles. The van der Waals surface area contributed by atoms with Crippen LogP contribution in [0.15, 0.2) is 30.6 Å². The molecule has 5 nitrogen and oxygen atoms in total. The molecule has 0 N–H and O–H groups in total. The number of aromatic nitrogens is 2. The van der Waals surface area contributed by atoms with E-state index in [-0.39, 0.29) is 17.2 Å². The Kier molecular flexibility index (Phi) is 4.50. The molecular weight excluding hydrogens is 297 g/mol. The number of hydrogen-bond acceptors (Lipinski definition) is 4. The van der Waals surface area contributed by atoms with Crippen LogP contribution in [0.2, 0.25) is 0 Å². The molecule has 120 valence electrons. The van der Waals surface area contributed by atoms with Gasteiger partial charge in [-0.1, -0.05) is 0 Å². The number of ether oxygens (including phenoxy) is 1. The van der Waals surface area contributed by atoms with Crippen LogP contribution < -0.4 is 4.74 Å². The zero-order chi connectivity index (χ0) is 16.2. The van der Waals surface area contributed by atoms with Crippen LogP contribution in [-0.2, 0) is 0 Å². The number of rotatable bonds is 3. The predicted octanol–water partition coefficient (Wildman–Crippen LogP) is 2.92. The maximum absolute atomic E-state index is 14.1. The predicted molar refractivity (Wildman–Crippen MR) is 83.7 cm³/mol. The van der Waals surface area contributed by atoms with Gasteiger partial charge in [-0.05, 0) is 37.5 Å². The highest BCUT2D eigenvalue weighted by molar-refractivity contribution is 5.92. The molecular formula is C17H18FN3O2. The first kappa shape index (κ1) is 15.4. The standard InChI is InChI=1S/C17H18FN3O2/c1-23-12-5-6-14(18)13(9-12)15-10-19-11-16(20-15)17(22)21-7-3-2-4-8-21/h5-6,9-11H,2-4,7-8H2,1H3. The number of hydrogen-bond donors (Lipinski definition) is 0. The van der Waals surface area contributed by atoms with Crippen molar-refractivity contribution in [1.29, 1.82) is 0 Å². The van der Waals surface area contributed by atoms with Crippen LogP contribution >= 0.6 is 0 Å². The molecule has 2 aromatic rings. The number of carbonyl (C=O) groups excluding carboxylic acids is 1. The van der Waals surface area contributed by atoms with E-state index in [1.165, 1.54) is 31.6 Å². The summed E-state index contributed by atoms with van der Waals surface area (Å²) in [5.74, 6) is -0.0546. The van der Waals surface area contributed by atoms with Crippen molar-refractivity contribution >= 4 is 5.91 Å². The van der Waals surface area contributed by atoms with Gasteiger partial charge in [-0.15, -0.1) is 0 Å². The minimum absolute atomic E-state index is 0.151. The van der Waals surface area contributed by atoms with Gasteiger partial charge in [0.15, 0.2) is 0 Å². The van der Waals surface area contributed by atoms with Gasteiger partial charge in [0, 0.05) is 18.7 Å². The van der Waals surface area contributed by atoms with Crippen molar-refractivity contribution in [3.8, 4) is 17.0 Å². The fourth-order valence-electron chi connectivity index (χ4n) is 2.69. The van der Waals surface area contributed by atoms with E-state index in [2.05, 4.69) is 9.97 Å². The lowest BCUT2D eigenvalue weighted by Gasteiger charge is -2.26. The Labute approximate surface area is 134 Å². The van der Waals surface area contributed by atoms with Gasteiger partial charge in [-0.3, -0.25) is 9.78 Å². The van der Waals surface area contributed by atoms with Crippen LogP contribution in [0.4, 0.5) is 4.39 Å². The minimum Gasteiger partial charge on any atom is -0.497 e. The number of likely N-dealkylation sites (tertiary alicyclic amines) is 1. The first-order valence-electron chi connectivity index (χ1n) is 7.64. The van der Waals surface area contributed by atoms with Crippen LogP contribution in [0.5, 0.6) is 5.75 Å². The van der Waals surface area contributed by atoms with Crippen molar-refractivity contribution in [1.82, 2.24) is 14.9 Å². The van der Waals surface area contributed by atoms with Crippen LogP contribution in [0, 0.1) is 5.82 Å². The number of halogens is 1. The summed E-state index contributed by atoms with van der Waals surface area (Å²) in [5.41, 5.74) is 0.834. The van der Waals surface area contributed by atoms with Crippen molar-refractivity contribution in [2.45, 2.75) is 19.3 Å². The van der Waals surface area contributed by atoms with E-state index in [0.717, 1.165) is 32.4 Å². The number of benzene rings is 1. The van der Waals surface area contributed by atoms with Gasteiger partial charge < -0.3 is 9.64 Å². The third-order valence-electron chi connectivity index (χ3n) is 3.95. The average molecular weight is 315 g/mol. The Morgan fingerprint density at radius 2 is 2.00 bits per heavy atom. The quantitative estimate of drug-likeness (QED) is 0.874. The highest BCUT2D eigenvalue weighted by atomic mass is 19.1. The summed E-state index contributed by atoms with van der Waals surface area (Å²) in [6, 6.07) is 4.40. The summed E-state index contributed by atoms with van der Waals surface area (Å²) >= 11 is 0. The van der Waals surface area contributed by atoms with Crippen LogP contribution in [0.1, 0.15) is 29.8 Å². The van der Waals surface area contributed by atoms with E-state index in [4.69, 9.17) is 4.74 Å². The van der Waals surface area contributed by atoms with E-state index in [9.17, 15) is 9.18 Å². The molecule has 1 amide bonds. The lowest BCUT2D eigenvalue weighted by molar-refractivity contribution is 0.0718. The third-order valence-corrected chi connectivity index (χ3v) is 3.95. The SMILES string of the molecule is COc1ccc(F)c(-c2cncc(C(=O)N3CCCCC3)n2)c1. The fourth-order valence-corrected chi connectivity index (χ4v) is 2.69. The molecule has 0 atom stereocenters. The second kappa shape index (κ2) is 6.73. The topological polar surface area (TPSA) is 55.3 Å². The molecule has 0 radical (unpaired) electrons. The van der Waals surface area contributed by atoms with E-state index in [1.54, 1.807) is 11.0 Å². The molecule has 1 aromatic carbocycles. The molecule has 0 spiro atoms. The molecule has 0 unspecified atom stereocenters. The van der Waals surface area contributed by atoms with Gasteiger partial charge in [0.05, 0.1) is 25.2 Å². The van der Waals surface area contributed by atoms with Gasteiger partial charge in [0.2, 0.25) is 0 Å². The summed E-state index contributed by atoms with van der Waals surface area (Å²) in [4.78, 5) is 22.6. The maximum Gasteiger partial charge on any atom is 0.274 e. The zero-order valence-corrected chi connectivity index (χ0v) is 13.0. The smallest absolute Gasteiger partial charge is 0.274 e. The number of carbonyl (C=O) groups is 1. The average Bonchev–Trinajstić information content (AvgIpc) is 2.62. The maximum atomic E-state index is 14.1. The normalized spacial score (nSPS) is 14.6. The summed E-state index contributed by atoms with van der Waals surface area (Å²) in [6.07, 6.45) is 6.03. The van der Waals surface area contributed by atoms with Gasteiger partial charge in [0.1, 0.15) is 17.3 Å². The van der Waals surface area contributed by atoms with Crippen LogP contribution in [-0.4, -0.2) is 41.0 Å². The molecule has 0 bridgehead atoms. The highest BCUT2D eigenvalue weighted by Crippen LogP contribution is 2.25. The molecule has 0 aliphatic carbocycles. The number of nitrogens with zero attached hydrogens (tertiary/aromatic N) is 3. The molecule has 3 rings (SSSR count). The lowest BCUT2D eigenvalue weighted by Crippen LogP contribution is -2.36. The zero-order valence-electron chi connectivity index (χ0n) is 13.0. The molecule has 1 aromatic heterocycles. The Hall–Kier alpha value is -2.50. The summed E-state index contributed by atoms with van der Waals surface area (Å²) in [5, 5.41) is 0. The van der Waals surface area contributed by atoms with Gasteiger partial charge in [-0.25, -0.2) is 9.37 Å². The van der Waals surface area contributed by atoms with Gasteiger partial charge in [0.25, 0.3) is 5.91 Å². The van der Waals surface area contributed by atoms with Crippen LogP contribution in [0.3, 0.4) is 0 Å². The highest BCUT2D eigenvalue weighted by Gasteiger charge is 2.20. The largest absolute Gasteiger partial charge is 0.497 e. The molecule has 1 fully saturated rings. The Morgan fingerprint density at radius 1 is 1.22 bits per heavy atom. The molecule has 23 heavy (non-hydrogen) atoms. The van der Waals surface area contributed by atoms with E-state index in [1.807, 2.05) is 0 Å². The first-order chi connectivity index (χ1) is 11.2. The van der Waals surface area contributed by atoms with E-state index >= 15 is 0 Å². The number of methoxy groups -OCH3 is 1. The first-order valence-corrected chi connectivity index (χ1v) is 7.64. The fraction of sp³-hybridized carbons (Fsp3) is 0.353. The van der Waals surface area contributed by atoms with Crippen molar-refractivity contribution in [3.63, 3.8) is 0 Å². The van der Waals surface area contributed by atoms with Gasteiger partial charge in [-0.2, -0.15) is 0 Å². The summed E-state index contributed by atoms with van der Waals surface area (Å²) in [7, 11) is 1.51. The second-order valence-electron chi connectivity index (χ2n) is 5.49. The Balaban J connectivity index is 1.92. The van der Waals surface area contributed by atoms with Crippen molar-refractivity contribution in [2.75, 3.05) is 20.2 Å². The van der Waals surface area contributed by atoms with Crippen molar-refractivity contribution in [3.05, 3.63) is 42.1 Å². The molecule has 2 heterocycles. The minimum atomic E-state index is -0.428. The third kappa shape index (κ3) is 3.31. The lowest BCUT2D eigenvalue weighted by atomic mass is 10.1. The molecule has 0 saturated carbocycles. The van der Waals surface area contributed by atoms with Gasteiger partial charge >= 0.3 is 0 Å². The van der Waals surface area contributed by atoms with Crippen molar-refractivity contribution in [2.24, 2.45) is 0 Å². The number of amides is 1. The van der Waals surface area contributed by atoms with E-state index < -0.39 is 5.82 Å².